The summed E-state index contributed by atoms with van der Waals surface area (Å²) >= 11 is 0. The van der Waals surface area contributed by atoms with E-state index >= 15 is 0 Å². The van der Waals surface area contributed by atoms with Crippen molar-refractivity contribution in [3.05, 3.63) is 0 Å². The smallest absolute Gasteiger partial charge is 0.0334 e. The molecule has 0 aliphatic carbocycles. The molecule has 0 aromatic heterocycles. The monoisotopic (exact) mass is 186 g/mol. The van der Waals surface area contributed by atoms with Crippen molar-refractivity contribution in [1.82, 2.24) is 0 Å². The second-order valence-corrected chi connectivity index (χ2v) is 5.30. The Bertz CT molecular complexity index is 98.6. The summed E-state index contributed by atoms with van der Waals surface area (Å²) in [6.45, 7) is 18.1. The standard InChI is InChI=1S/C8H18.C5H12/c1-6-8(4,5)7(2)3;1-4-5(2)3/h7H,6H2,1-5H3;5H,4H2,1-3H3. The molecule has 13 heavy (non-hydrogen) atoms. The molecule has 0 N–H and O–H groups in total. The zero-order valence-electron chi connectivity index (χ0n) is 11.1. The van der Waals surface area contributed by atoms with Crippen molar-refractivity contribution >= 4 is 0 Å². The fourth-order valence-corrected chi connectivity index (χ4v) is 0.408. The second-order valence-electron chi connectivity index (χ2n) is 5.30. The van der Waals surface area contributed by atoms with Crippen LogP contribution < -0.4 is 0 Å². The quantitative estimate of drug-likeness (QED) is 0.573. The Morgan fingerprint density at radius 2 is 1.23 bits per heavy atom. The lowest BCUT2D eigenvalue weighted by atomic mass is 9.79. The fraction of sp³-hybridized carbons (Fsp3) is 1.00. The van der Waals surface area contributed by atoms with Gasteiger partial charge in [-0.2, -0.15) is 0 Å². The van der Waals surface area contributed by atoms with E-state index in [0.717, 1.165) is 11.8 Å². The molecule has 0 atom stereocenters. The molecule has 0 saturated heterocycles. The molecular weight excluding hydrogens is 156 g/mol. The van der Waals surface area contributed by atoms with Gasteiger partial charge in [-0.05, 0) is 17.3 Å². The molecule has 0 aromatic carbocycles. The van der Waals surface area contributed by atoms with Gasteiger partial charge in [0.25, 0.3) is 0 Å². The van der Waals surface area contributed by atoms with Crippen molar-refractivity contribution in [3.8, 4) is 0 Å². The number of rotatable bonds is 3. The first-order valence-electron chi connectivity index (χ1n) is 5.77. The summed E-state index contributed by atoms with van der Waals surface area (Å²) in [4.78, 5) is 0. The molecule has 0 radical (unpaired) electrons. The largest absolute Gasteiger partial charge is 0.0651 e. The summed E-state index contributed by atoms with van der Waals surface area (Å²) in [5.74, 6) is 1.70. The maximum absolute atomic E-state index is 2.32. The third-order valence-electron chi connectivity index (χ3n) is 3.29. The molecule has 82 valence electrons. The normalized spacial score (nSPS) is 11.5. The van der Waals surface area contributed by atoms with E-state index in [1.54, 1.807) is 0 Å². The Morgan fingerprint density at radius 1 is 0.923 bits per heavy atom. The Kier molecular flexibility index (Phi) is 8.82. The van der Waals surface area contributed by atoms with Gasteiger partial charge in [-0.15, -0.1) is 0 Å². The van der Waals surface area contributed by atoms with Crippen molar-refractivity contribution in [2.45, 2.75) is 68.2 Å². The van der Waals surface area contributed by atoms with Crippen LogP contribution in [0.25, 0.3) is 0 Å². The number of hydrogen-bond donors (Lipinski definition) is 0. The third kappa shape index (κ3) is 9.92. The molecule has 0 bridgehead atoms. The molecule has 0 spiro atoms. The molecule has 0 heteroatoms. The molecular formula is C13H30. The molecule has 0 unspecified atom stereocenters. The highest BCUT2D eigenvalue weighted by molar-refractivity contribution is 4.69. The van der Waals surface area contributed by atoms with Gasteiger partial charge in [-0.25, -0.2) is 0 Å². The van der Waals surface area contributed by atoms with Gasteiger partial charge in [-0.3, -0.25) is 0 Å². The summed E-state index contributed by atoms with van der Waals surface area (Å²) in [5.41, 5.74) is 0.542. The molecule has 0 aliphatic heterocycles. The van der Waals surface area contributed by atoms with E-state index < -0.39 is 0 Å². The van der Waals surface area contributed by atoms with Crippen molar-refractivity contribution < 1.29 is 0 Å². The first kappa shape index (κ1) is 15.5. The molecule has 0 amide bonds. The maximum atomic E-state index is 2.32. The number of hydrogen-bond acceptors (Lipinski definition) is 0. The van der Waals surface area contributed by atoms with Crippen LogP contribution in [0.4, 0.5) is 0 Å². The molecule has 0 heterocycles. The summed E-state index contributed by atoms with van der Waals surface area (Å²) in [5, 5.41) is 0. The molecule has 0 aromatic rings. The summed E-state index contributed by atoms with van der Waals surface area (Å²) in [6.07, 6.45) is 2.59. The molecule has 0 rings (SSSR count). The van der Waals surface area contributed by atoms with Crippen LogP contribution in [0.1, 0.15) is 68.2 Å². The van der Waals surface area contributed by atoms with Crippen LogP contribution >= 0.6 is 0 Å². The summed E-state index contributed by atoms with van der Waals surface area (Å²) in [7, 11) is 0. The lowest BCUT2D eigenvalue weighted by Crippen LogP contribution is -2.17. The van der Waals surface area contributed by atoms with E-state index in [2.05, 4.69) is 55.4 Å². The van der Waals surface area contributed by atoms with E-state index in [1.807, 2.05) is 0 Å². The predicted molar refractivity (Wildman–Crippen MR) is 64.0 cm³/mol. The van der Waals surface area contributed by atoms with Crippen LogP contribution in [0.15, 0.2) is 0 Å². The highest BCUT2D eigenvalue weighted by Crippen LogP contribution is 2.28. The average Bonchev–Trinajstić information content (AvgIpc) is 2.05. The maximum Gasteiger partial charge on any atom is -0.0334 e. The molecule has 0 fully saturated rings. The van der Waals surface area contributed by atoms with Gasteiger partial charge in [0.05, 0.1) is 0 Å². The van der Waals surface area contributed by atoms with E-state index in [1.165, 1.54) is 12.8 Å². The first-order valence-corrected chi connectivity index (χ1v) is 5.77. The van der Waals surface area contributed by atoms with Crippen LogP contribution in [0.2, 0.25) is 0 Å². The van der Waals surface area contributed by atoms with E-state index in [0.29, 0.717) is 5.41 Å². The topological polar surface area (TPSA) is 0 Å². The van der Waals surface area contributed by atoms with Gasteiger partial charge < -0.3 is 0 Å². The van der Waals surface area contributed by atoms with Crippen molar-refractivity contribution in [2.75, 3.05) is 0 Å². The Labute approximate surface area is 86.1 Å². The van der Waals surface area contributed by atoms with Gasteiger partial charge >= 0.3 is 0 Å². The predicted octanol–water partition coefficient (Wildman–Crippen LogP) is 5.13. The van der Waals surface area contributed by atoms with Crippen LogP contribution in [-0.2, 0) is 0 Å². The van der Waals surface area contributed by atoms with E-state index in [4.69, 9.17) is 0 Å². The van der Waals surface area contributed by atoms with Crippen molar-refractivity contribution in [1.29, 1.82) is 0 Å². The van der Waals surface area contributed by atoms with Crippen LogP contribution in [0.3, 0.4) is 0 Å². The summed E-state index contributed by atoms with van der Waals surface area (Å²) < 4.78 is 0. The minimum atomic E-state index is 0.542. The highest BCUT2D eigenvalue weighted by Gasteiger charge is 2.18. The lowest BCUT2D eigenvalue weighted by molar-refractivity contribution is 0.240. The second kappa shape index (κ2) is 7.41. The SMILES string of the molecule is CCC(C)(C)C(C)C.CCC(C)C. The van der Waals surface area contributed by atoms with Crippen LogP contribution in [0, 0.1) is 17.3 Å². The Morgan fingerprint density at radius 3 is 1.23 bits per heavy atom. The van der Waals surface area contributed by atoms with Gasteiger partial charge in [0.15, 0.2) is 0 Å². The Hall–Kier alpha value is 0. The lowest BCUT2D eigenvalue weighted by Gasteiger charge is -2.27. The van der Waals surface area contributed by atoms with Gasteiger partial charge in [0.1, 0.15) is 0 Å². The first-order chi connectivity index (χ1) is 5.77. The van der Waals surface area contributed by atoms with Gasteiger partial charge in [0, 0.05) is 0 Å². The Balaban J connectivity index is 0. The van der Waals surface area contributed by atoms with E-state index in [9.17, 15) is 0 Å². The van der Waals surface area contributed by atoms with Gasteiger partial charge in [0.2, 0.25) is 0 Å². The zero-order chi connectivity index (χ0) is 11.1. The third-order valence-corrected chi connectivity index (χ3v) is 3.29. The van der Waals surface area contributed by atoms with Crippen molar-refractivity contribution in [3.63, 3.8) is 0 Å². The fourth-order valence-electron chi connectivity index (χ4n) is 0.408. The summed E-state index contributed by atoms with van der Waals surface area (Å²) in [6, 6.07) is 0. The minimum absolute atomic E-state index is 0.542. The zero-order valence-corrected chi connectivity index (χ0v) is 11.1. The van der Waals surface area contributed by atoms with Crippen molar-refractivity contribution in [2.24, 2.45) is 17.3 Å². The van der Waals surface area contributed by atoms with E-state index in [-0.39, 0.29) is 0 Å². The average molecular weight is 186 g/mol. The van der Waals surface area contributed by atoms with Gasteiger partial charge in [-0.1, -0.05) is 68.2 Å². The van der Waals surface area contributed by atoms with Crippen LogP contribution in [0.5, 0.6) is 0 Å². The molecule has 0 aliphatic rings. The van der Waals surface area contributed by atoms with Crippen LogP contribution in [-0.4, -0.2) is 0 Å². The molecule has 0 saturated carbocycles. The minimum Gasteiger partial charge on any atom is -0.0651 e. The molecule has 0 nitrogen and oxygen atoms in total. The highest BCUT2D eigenvalue weighted by atomic mass is 14.2.